The molecule has 112 valence electrons. The Kier molecular flexibility index (Phi) is 7.11. The quantitative estimate of drug-likeness (QED) is 0.861. The van der Waals surface area contributed by atoms with Crippen molar-refractivity contribution in [1.29, 1.82) is 0 Å². The first-order valence-corrected chi connectivity index (χ1v) is 7.30. The van der Waals surface area contributed by atoms with Crippen molar-refractivity contribution in [2.75, 3.05) is 19.8 Å². The van der Waals surface area contributed by atoms with Crippen LogP contribution in [0.4, 0.5) is 0 Å². The molecule has 2 aliphatic rings. The van der Waals surface area contributed by atoms with E-state index in [0.717, 1.165) is 13.2 Å². The number of rotatable bonds is 4. The summed E-state index contributed by atoms with van der Waals surface area (Å²) < 4.78 is 5.42. The molecule has 1 heterocycles. The minimum absolute atomic E-state index is 0. The van der Waals surface area contributed by atoms with E-state index in [-0.39, 0.29) is 18.4 Å². The number of hydrogen-bond donors (Lipinski definition) is 1. The summed E-state index contributed by atoms with van der Waals surface area (Å²) in [5.74, 6) is 0.292. The van der Waals surface area contributed by atoms with Gasteiger partial charge in [0, 0.05) is 31.1 Å². The van der Waals surface area contributed by atoms with Gasteiger partial charge in [-0.1, -0.05) is 12.8 Å². The molecule has 0 aromatic rings. The first-order valence-electron chi connectivity index (χ1n) is 7.30. The van der Waals surface area contributed by atoms with Crippen molar-refractivity contribution in [3.05, 3.63) is 0 Å². The van der Waals surface area contributed by atoms with Gasteiger partial charge < -0.3 is 15.0 Å². The summed E-state index contributed by atoms with van der Waals surface area (Å²) in [6.07, 6.45) is 5.48. The van der Waals surface area contributed by atoms with Crippen LogP contribution < -0.4 is 5.32 Å². The highest BCUT2D eigenvalue weighted by Gasteiger charge is 2.30. The van der Waals surface area contributed by atoms with Crippen LogP contribution in [0, 0.1) is 0 Å². The highest BCUT2D eigenvalue weighted by molar-refractivity contribution is 5.85. The fourth-order valence-corrected chi connectivity index (χ4v) is 3.16. The van der Waals surface area contributed by atoms with Crippen LogP contribution in [0.1, 0.15) is 46.0 Å². The lowest BCUT2D eigenvalue weighted by molar-refractivity contribution is -0.136. The molecule has 0 bridgehead atoms. The first-order chi connectivity index (χ1) is 8.68. The lowest BCUT2D eigenvalue weighted by Gasteiger charge is -2.34. The zero-order chi connectivity index (χ0) is 13.0. The molecule has 5 heteroatoms. The van der Waals surface area contributed by atoms with Gasteiger partial charge in [0.25, 0.3) is 0 Å². The number of morpholine rings is 1. The lowest BCUT2D eigenvalue weighted by atomic mass is 10.1. The van der Waals surface area contributed by atoms with E-state index in [9.17, 15) is 4.79 Å². The zero-order valence-corrected chi connectivity index (χ0v) is 12.9. The number of nitrogens with zero attached hydrogens (tertiary/aromatic N) is 1. The second-order valence-electron chi connectivity index (χ2n) is 5.76. The monoisotopic (exact) mass is 290 g/mol. The summed E-state index contributed by atoms with van der Waals surface area (Å²) in [5, 5.41) is 3.36. The molecular weight excluding hydrogens is 264 g/mol. The first kappa shape index (κ1) is 16.7. The molecule has 4 nitrogen and oxygen atoms in total. The van der Waals surface area contributed by atoms with E-state index in [1.165, 1.54) is 25.7 Å². The molecule has 0 radical (unpaired) electrons. The normalized spacial score (nSPS) is 24.3. The van der Waals surface area contributed by atoms with Crippen molar-refractivity contribution in [2.45, 2.75) is 64.1 Å². The van der Waals surface area contributed by atoms with Crippen molar-refractivity contribution >= 4 is 18.3 Å². The molecule has 1 saturated carbocycles. The highest BCUT2D eigenvalue weighted by atomic mass is 35.5. The Balaban J connectivity index is 0.00000180. The van der Waals surface area contributed by atoms with Gasteiger partial charge in [-0.2, -0.15) is 0 Å². The van der Waals surface area contributed by atoms with Crippen LogP contribution >= 0.6 is 12.4 Å². The topological polar surface area (TPSA) is 41.6 Å². The summed E-state index contributed by atoms with van der Waals surface area (Å²) in [6, 6.07) is 0.987. The standard InChI is InChI=1S/C14H26N2O2.ClH/c1-11(2)16(13-5-3-4-6-13)14(17)9-12-10-18-8-7-15-12;/h11-13,15H,3-10H2,1-2H3;1H. The van der Waals surface area contributed by atoms with Gasteiger partial charge >= 0.3 is 0 Å². The maximum atomic E-state index is 12.5. The molecule has 1 aliphatic carbocycles. The number of nitrogens with one attached hydrogen (secondary N) is 1. The summed E-state index contributed by atoms with van der Waals surface area (Å²) in [7, 11) is 0. The Bertz CT molecular complexity index is 275. The summed E-state index contributed by atoms with van der Waals surface area (Å²) >= 11 is 0. The van der Waals surface area contributed by atoms with E-state index < -0.39 is 0 Å². The van der Waals surface area contributed by atoms with Crippen LogP contribution in [0.5, 0.6) is 0 Å². The smallest absolute Gasteiger partial charge is 0.224 e. The molecule has 2 fully saturated rings. The molecule has 0 spiro atoms. The van der Waals surface area contributed by atoms with E-state index in [1.807, 2.05) is 0 Å². The van der Waals surface area contributed by atoms with Crippen molar-refractivity contribution in [3.8, 4) is 0 Å². The molecule has 1 atom stereocenters. The summed E-state index contributed by atoms with van der Waals surface area (Å²) in [6.45, 7) is 6.55. The van der Waals surface area contributed by atoms with Gasteiger partial charge in [-0.3, -0.25) is 4.79 Å². The molecule has 0 aromatic heterocycles. The second kappa shape index (κ2) is 8.08. The van der Waals surface area contributed by atoms with E-state index in [2.05, 4.69) is 24.1 Å². The summed E-state index contributed by atoms with van der Waals surface area (Å²) in [4.78, 5) is 14.6. The molecular formula is C14H27ClN2O2. The van der Waals surface area contributed by atoms with Crippen molar-refractivity contribution < 1.29 is 9.53 Å². The Labute approximate surface area is 122 Å². The molecule has 1 N–H and O–H groups in total. The Hall–Kier alpha value is -0.320. The molecule has 1 aliphatic heterocycles. The molecule has 2 rings (SSSR count). The number of ether oxygens (including phenoxy) is 1. The average molecular weight is 291 g/mol. The van der Waals surface area contributed by atoms with Crippen LogP contribution in [0.3, 0.4) is 0 Å². The maximum absolute atomic E-state index is 12.5. The molecule has 1 unspecified atom stereocenters. The van der Waals surface area contributed by atoms with Gasteiger partial charge in [0.1, 0.15) is 0 Å². The fraction of sp³-hybridized carbons (Fsp3) is 0.929. The Morgan fingerprint density at radius 1 is 1.37 bits per heavy atom. The van der Waals surface area contributed by atoms with Crippen LogP contribution in [0.25, 0.3) is 0 Å². The lowest BCUT2D eigenvalue weighted by Crippen LogP contribution is -2.49. The average Bonchev–Trinajstić information content (AvgIpc) is 2.83. The predicted octanol–water partition coefficient (Wildman–Crippen LogP) is 1.97. The summed E-state index contributed by atoms with van der Waals surface area (Å²) in [5.41, 5.74) is 0. The third kappa shape index (κ3) is 4.62. The van der Waals surface area contributed by atoms with E-state index in [0.29, 0.717) is 31.0 Å². The number of amides is 1. The van der Waals surface area contributed by atoms with Gasteiger partial charge in [0.15, 0.2) is 0 Å². The number of hydrogen-bond acceptors (Lipinski definition) is 3. The SMILES string of the molecule is CC(C)N(C(=O)CC1COCCN1)C1CCCC1.Cl. The van der Waals surface area contributed by atoms with Gasteiger partial charge in [0.05, 0.1) is 13.2 Å². The zero-order valence-electron chi connectivity index (χ0n) is 12.1. The Morgan fingerprint density at radius 2 is 2.05 bits per heavy atom. The van der Waals surface area contributed by atoms with Crippen LogP contribution in [-0.2, 0) is 9.53 Å². The maximum Gasteiger partial charge on any atom is 0.224 e. The van der Waals surface area contributed by atoms with Gasteiger partial charge in [0.2, 0.25) is 5.91 Å². The van der Waals surface area contributed by atoms with Crippen LogP contribution in [-0.4, -0.2) is 48.7 Å². The fourth-order valence-electron chi connectivity index (χ4n) is 3.16. The predicted molar refractivity (Wildman–Crippen MR) is 78.7 cm³/mol. The van der Waals surface area contributed by atoms with Crippen molar-refractivity contribution in [1.82, 2.24) is 10.2 Å². The third-order valence-electron chi connectivity index (χ3n) is 3.98. The van der Waals surface area contributed by atoms with Crippen LogP contribution in [0.15, 0.2) is 0 Å². The minimum Gasteiger partial charge on any atom is -0.378 e. The van der Waals surface area contributed by atoms with E-state index in [1.54, 1.807) is 0 Å². The molecule has 19 heavy (non-hydrogen) atoms. The molecule has 1 saturated heterocycles. The van der Waals surface area contributed by atoms with Crippen LogP contribution in [0.2, 0.25) is 0 Å². The molecule has 1 amide bonds. The van der Waals surface area contributed by atoms with E-state index in [4.69, 9.17) is 4.74 Å². The Morgan fingerprint density at radius 3 is 2.58 bits per heavy atom. The largest absolute Gasteiger partial charge is 0.378 e. The number of halogens is 1. The van der Waals surface area contributed by atoms with Gasteiger partial charge in [-0.05, 0) is 26.7 Å². The van der Waals surface area contributed by atoms with Crippen molar-refractivity contribution in [2.24, 2.45) is 0 Å². The van der Waals surface area contributed by atoms with E-state index >= 15 is 0 Å². The second-order valence-corrected chi connectivity index (χ2v) is 5.76. The number of carbonyl (C=O) groups is 1. The van der Waals surface area contributed by atoms with Crippen molar-refractivity contribution in [3.63, 3.8) is 0 Å². The highest BCUT2D eigenvalue weighted by Crippen LogP contribution is 2.26. The molecule has 0 aromatic carbocycles. The van der Waals surface area contributed by atoms with Gasteiger partial charge in [-0.25, -0.2) is 0 Å². The third-order valence-corrected chi connectivity index (χ3v) is 3.98. The van der Waals surface area contributed by atoms with Gasteiger partial charge in [-0.15, -0.1) is 12.4 Å². The number of carbonyl (C=O) groups excluding carboxylic acids is 1. The minimum atomic E-state index is 0.